The molecule has 1 rings (SSSR count). The van der Waals surface area contributed by atoms with Crippen LogP contribution in [0.5, 0.6) is 0 Å². The summed E-state index contributed by atoms with van der Waals surface area (Å²) < 4.78 is 0. The van der Waals surface area contributed by atoms with Crippen molar-refractivity contribution in [1.82, 2.24) is 0 Å². The molecule has 0 radical (unpaired) electrons. The predicted octanol–water partition coefficient (Wildman–Crippen LogP) is 2.45. The summed E-state index contributed by atoms with van der Waals surface area (Å²) >= 11 is 0. The molecule has 0 unspecified atom stereocenters. The smallest absolute Gasteiger partial charge is 0.0119 e. The maximum absolute atomic E-state index is 3.39. The highest BCUT2D eigenvalue weighted by Gasteiger charge is 2.16. The van der Waals surface area contributed by atoms with Crippen molar-refractivity contribution in [2.24, 2.45) is 5.92 Å². The van der Waals surface area contributed by atoms with E-state index in [0.717, 1.165) is 5.92 Å². The first-order chi connectivity index (χ1) is 4.43. The van der Waals surface area contributed by atoms with E-state index in [4.69, 9.17) is 0 Å². The molecule has 0 nitrogen and oxygen atoms in total. The number of hydrogen-bond acceptors (Lipinski definition) is 0. The van der Waals surface area contributed by atoms with Gasteiger partial charge in [-0.3, -0.25) is 0 Å². The van der Waals surface area contributed by atoms with Crippen LogP contribution in [0.1, 0.15) is 12.8 Å². The molecule has 0 aromatic heterocycles. The molecule has 0 bridgehead atoms. The first kappa shape index (κ1) is 6.16. The fourth-order valence-electron chi connectivity index (χ4n) is 0.608. The molecule has 0 heteroatoms. The van der Waals surface area contributed by atoms with Gasteiger partial charge >= 0.3 is 0 Å². The Morgan fingerprint density at radius 1 is 1.44 bits per heavy atom. The third-order valence-electron chi connectivity index (χ3n) is 1.29. The Morgan fingerprint density at radius 3 is 2.78 bits per heavy atom. The van der Waals surface area contributed by atoms with Crippen LogP contribution in [0.15, 0.2) is 36.3 Å². The average molecular weight is 118 g/mol. The van der Waals surface area contributed by atoms with Gasteiger partial charge in [-0.1, -0.05) is 23.6 Å². The predicted molar refractivity (Wildman–Crippen MR) is 39.1 cm³/mol. The second-order valence-corrected chi connectivity index (χ2v) is 2.21. The minimum Gasteiger partial charge on any atom is -0.0808 e. The van der Waals surface area contributed by atoms with Crippen molar-refractivity contribution < 1.29 is 0 Å². The zero-order chi connectivity index (χ0) is 6.53. The lowest BCUT2D eigenvalue weighted by molar-refractivity contribution is 1.12. The number of rotatable bonds is 2. The minimum absolute atomic E-state index is 0.855. The molecule has 0 spiro atoms. The van der Waals surface area contributed by atoms with Crippen LogP contribution in [0.25, 0.3) is 0 Å². The summed E-state index contributed by atoms with van der Waals surface area (Å²) in [5.74, 6) is 0.855. The fraction of sp³-hybridized carbons (Fsp3) is 0.333. The summed E-state index contributed by atoms with van der Waals surface area (Å²) in [7, 11) is 0. The maximum atomic E-state index is 3.39. The Balaban J connectivity index is 2.30. The van der Waals surface area contributed by atoms with Gasteiger partial charge in [-0.2, -0.15) is 0 Å². The molecule has 0 N–H and O–H groups in total. The van der Waals surface area contributed by atoms with Crippen molar-refractivity contribution in [3.63, 3.8) is 0 Å². The Morgan fingerprint density at radius 2 is 2.22 bits per heavy atom. The van der Waals surface area contributed by atoms with Gasteiger partial charge in [0.25, 0.3) is 0 Å². The van der Waals surface area contributed by atoms with Crippen LogP contribution in [0.2, 0.25) is 0 Å². The van der Waals surface area contributed by atoms with E-state index < -0.39 is 0 Å². The molecule has 1 aliphatic rings. The molecule has 0 saturated heterocycles. The molecule has 1 fully saturated rings. The molecule has 46 valence electrons. The number of allylic oxidation sites excluding steroid dienone is 3. The van der Waals surface area contributed by atoms with Crippen molar-refractivity contribution in [3.05, 3.63) is 36.3 Å². The van der Waals surface area contributed by atoms with E-state index in [2.05, 4.69) is 24.1 Å². The largest absolute Gasteiger partial charge is 0.0808 e. The second kappa shape index (κ2) is 3.14. The first-order valence-corrected chi connectivity index (χ1v) is 3.21. The second-order valence-electron chi connectivity index (χ2n) is 2.21. The molecule has 0 aliphatic heterocycles. The van der Waals surface area contributed by atoms with Crippen LogP contribution < -0.4 is 0 Å². The zero-order valence-corrected chi connectivity index (χ0v) is 5.43. The Kier molecular flexibility index (Phi) is 2.15. The van der Waals surface area contributed by atoms with Crippen molar-refractivity contribution in [2.75, 3.05) is 0 Å². The average Bonchev–Trinajstić information content (AvgIpc) is 2.63. The zero-order valence-electron chi connectivity index (χ0n) is 5.43. The van der Waals surface area contributed by atoms with Gasteiger partial charge in [-0.05, 0) is 31.4 Å². The van der Waals surface area contributed by atoms with E-state index in [1.807, 2.05) is 12.2 Å². The molecule has 0 amide bonds. The molecule has 1 aliphatic carbocycles. The van der Waals surface area contributed by atoms with Crippen LogP contribution in [0.3, 0.4) is 0 Å². The standard InChI is InChI=1S/C9H10/c1-2-3-4-5-6-9-7-8-9/h4-6,9H,1,7-8H2. The first-order valence-electron chi connectivity index (χ1n) is 3.21. The van der Waals surface area contributed by atoms with Crippen molar-refractivity contribution in [2.45, 2.75) is 12.8 Å². The Bertz CT molecular complexity index is 182. The van der Waals surface area contributed by atoms with Gasteiger partial charge in [-0.15, -0.1) is 0 Å². The summed E-state index contributed by atoms with van der Waals surface area (Å²) in [6.45, 7) is 3.39. The van der Waals surface area contributed by atoms with Gasteiger partial charge in [0.1, 0.15) is 0 Å². The van der Waals surface area contributed by atoms with Gasteiger partial charge in [0.2, 0.25) is 0 Å². The maximum Gasteiger partial charge on any atom is -0.0119 e. The van der Waals surface area contributed by atoms with Gasteiger partial charge in [0.15, 0.2) is 0 Å². The van der Waals surface area contributed by atoms with Crippen molar-refractivity contribution >= 4 is 0 Å². The summed E-state index contributed by atoms with van der Waals surface area (Å²) in [4.78, 5) is 0. The molecule has 9 heavy (non-hydrogen) atoms. The fourth-order valence-corrected chi connectivity index (χ4v) is 0.608. The van der Waals surface area contributed by atoms with E-state index in [9.17, 15) is 0 Å². The monoisotopic (exact) mass is 118 g/mol. The van der Waals surface area contributed by atoms with E-state index in [0.29, 0.717) is 0 Å². The highest BCUT2D eigenvalue weighted by molar-refractivity contribution is 5.06. The lowest BCUT2D eigenvalue weighted by Gasteiger charge is -1.71. The third kappa shape index (κ3) is 2.77. The SMILES string of the molecule is C=C=C=CC=CC1CC1. The lowest BCUT2D eigenvalue weighted by Crippen LogP contribution is -1.56. The van der Waals surface area contributed by atoms with Crippen LogP contribution in [0, 0.1) is 5.92 Å². The summed E-state index contributed by atoms with van der Waals surface area (Å²) in [5.41, 5.74) is 5.31. The van der Waals surface area contributed by atoms with Gasteiger partial charge in [-0.25, -0.2) is 0 Å². The van der Waals surface area contributed by atoms with Gasteiger partial charge < -0.3 is 0 Å². The number of hydrogen-bond donors (Lipinski definition) is 0. The van der Waals surface area contributed by atoms with E-state index in [1.165, 1.54) is 12.8 Å². The molecule has 0 atom stereocenters. The normalized spacial score (nSPS) is 16.9. The lowest BCUT2D eigenvalue weighted by atomic mass is 10.3. The summed E-state index contributed by atoms with van der Waals surface area (Å²) in [6, 6.07) is 0. The molecule has 0 aromatic carbocycles. The molecular weight excluding hydrogens is 108 g/mol. The summed E-state index contributed by atoms with van der Waals surface area (Å²) in [6.07, 6.45) is 8.77. The summed E-state index contributed by atoms with van der Waals surface area (Å²) in [5, 5.41) is 0. The molecule has 0 aromatic rings. The van der Waals surface area contributed by atoms with Crippen molar-refractivity contribution in [1.29, 1.82) is 0 Å². The van der Waals surface area contributed by atoms with Crippen LogP contribution in [-0.4, -0.2) is 0 Å². The van der Waals surface area contributed by atoms with E-state index in [1.54, 1.807) is 0 Å². The Labute approximate surface area is 55.9 Å². The highest BCUT2D eigenvalue weighted by atomic mass is 14.2. The van der Waals surface area contributed by atoms with Gasteiger partial charge in [0, 0.05) is 0 Å². The quantitative estimate of drug-likeness (QED) is 0.386. The molecule has 1 saturated carbocycles. The van der Waals surface area contributed by atoms with E-state index in [-0.39, 0.29) is 0 Å². The third-order valence-corrected chi connectivity index (χ3v) is 1.29. The van der Waals surface area contributed by atoms with E-state index >= 15 is 0 Å². The van der Waals surface area contributed by atoms with Crippen LogP contribution in [-0.2, 0) is 0 Å². The minimum atomic E-state index is 0.855. The van der Waals surface area contributed by atoms with Crippen LogP contribution in [0.4, 0.5) is 0 Å². The van der Waals surface area contributed by atoms with Gasteiger partial charge in [0.05, 0.1) is 0 Å². The van der Waals surface area contributed by atoms with Crippen molar-refractivity contribution in [3.8, 4) is 0 Å². The van der Waals surface area contributed by atoms with Crippen LogP contribution >= 0.6 is 0 Å². The highest BCUT2D eigenvalue weighted by Crippen LogP contribution is 2.29. The topological polar surface area (TPSA) is 0 Å². The molecule has 0 heterocycles. The Hall–Kier alpha value is -0.960. The molecular formula is C9H10.